The summed E-state index contributed by atoms with van der Waals surface area (Å²) in [5, 5.41) is 6.92. The monoisotopic (exact) mass is 359 g/mol. The van der Waals surface area contributed by atoms with Crippen LogP contribution in [0.25, 0.3) is 0 Å². The molecule has 1 aromatic rings. The number of hydrogen-bond acceptors (Lipinski definition) is 3. The molecule has 1 aromatic carbocycles. The van der Waals surface area contributed by atoms with Crippen LogP contribution in [-0.4, -0.2) is 36.4 Å². The maximum absolute atomic E-state index is 5.94. The number of benzene rings is 1. The molecule has 0 aliphatic carbocycles. The lowest BCUT2D eigenvalue weighted by molar-refractivity contribution is -0.0149. The van der Waals surface area contributed by atoms with Crippen molar-refractivity contribution in [1.82, 2.24) is 10.6 Å². The zero-order chi connectivity index (χ0) is 18.6. The van der Waals surface area contributed by atoms with Crippen LogP contribution < -0.4 is 10.6 Å². The average molecular weight is 360 g/mol. The van der Waals surface area contributed by atoms with Crippen molar-refractivity contribution in [3.8, 4) is 0 Å². The third kappa shape index (κ3) is 5.45. The molecule has 0 aromatic heterocycles. The summed E-state index contributed by atoms with van der Waals surface area (Å²) >= 11 is 0. The Kier molecular flexibility index (Phi) is 6.20. The van der Waals surface area contributed by atoms with Gasteiger partial charge in [-0.15, -0.1) is 0 Å². The highest BCUT2D eigenvalue weighted by Crippen LogP contribution is 2.34. The van der Waals surface area contributed by atoms with E-state index in [1.165, 1.54) is 17.5 Å². The van der Waals surface area contributed by atoms with Gasteiger partial charge in [-0.2, -0.15) is 0 Å². The molecule has 0 amide bonds. The summed E-state index contributed by atoms with van der Waals surface area (Å²) in [5.74, 6) is 0.880. The van der Waals surface area contributed by atoms with Gasteiger partial charge in [-0.3, -0.25) is 0 Å². The second-order valence-corrected chi connectivity index (χ2v) is 8.28. The zero-order valence-corrected chi connectivity index (χ0v) is 16.5. The van der Waals surface area contributed by atoms with Crippen LogP contribution in [0.2, 0.25) is 0 Å². The fourth-order valence-corrected chi connectivity index (χ4v) is 3.57. The van der Waals surface area contributed by atoms with Crippen LogP contribution in [0, 0.1) is 0 Å². The van der Waals surface area contributed by atoms with E-state index >= 15 is 0 Å². The number of fused-ring (bicyclic) bond motifs is 2. The topological polar surface area (TPSA) is 54.9 Å². The van der Waals surface area contributed by atoms with E-state index in [0.29, 0.717) is 31.4 Å². The Morgan fingerprint density at radius 3 is 2.73 bits per heavy atom. The Labute approximate surface area is 157 Å². The van der Waals surface area contributed by atoms with Crippen molar-refractivity contribution in [2.24, 2.45) is 4.99 Å². The number of rotatable bonds is 6. The van der Waals surface area contributed by atoms with E-state index in [1.807, 2.05) is 0 Å². The summed E-state index contributed by atoms with van der Waals surface area (Å²) in [5.41, 5.74) is 2.26. The minimum atomic E-state index is -0.126. The van der Waals surface area contributed by atoms with E-state index in [1.54, 1.807) is 0 Å². The third-order valence-corrected chi connectivity index (χ3v) is 4.86. The van der Waals surface area contributed by atoms with Crippen LogP contribution in [0.5, 0.6) is 0 Å². The first-order valence-corrected chi connectivity index (χ1v) is 9.85. The Morgan fingerprint density at radius 2 is 2.08 bits per heavy atom. The standard InChI is InChI=1S/C21H33N3O2/c1-5-22-20(24-18-12-17-9-10-19(18)26-17)23-13-15-7-6-8-16(11-15)14-25-21(2,3)4/h6-8,11,17-19H,5,9-10,12-14H2,1-4H3,(H2,22,23,24). The number of nitrogens with zero attached hydrogens (tertiary/aromatic N) is 1. The Balaban J connectivity index is 1.58. The summed E-state index contributed by atoms with van der Waals surface area (Å²) in [6, 6.07) is 8.87. The van der Waals surface area contributed by atoms with Crippen molar-refractivity contribution < 1.29 is 9.47 Å². The highest BCUT2D eigenvalue weighted by atomic mass is 16.5. The van der Waals surface area contributed by atoms with Gasteiger partial charge in [-0.25, -0.2) is 4.99 Å². The number of guanidine groups is 1. The Hall–Kier alpha value is -1.59. The van der Waals surface area contributed by atoms with Crippen molar-refractivity contribution in [2.75, 3.05) is 6.54 Å². The molecule has 2 heterocycles. The largest absolute Gasteiger partial charge is 0.373 e. The minimum Gasteiger partial charge on any atom is -0.373 e. The van der Waals surface area contributed by atoms with Gasteiger partial charge in [0, 0.05) is 6.54 Å². The molecule has 26 heavy (non-hydrogen) atoms. The lowest BCUT2D eigenvalue weighted by Gasteiger charge is -2.22. The molecule has 2 N–H and O–H groups in total. The summed E-state index contributed by atoms with van der Waals surface area (Å²) in [6.07, 6.45) is 4.26. The summed E-state index contributed by atoms with van der Waals surface area (Å²) in [7, 11) is 0. The average Bonchev–Trinajstić information content (AvgIpc) is 3.21. The van der Waals surface area contributed by atoms with Crippen LogP contribution in [0.1, 0.15) is 58.1 Å². The fraction of sp³-hybridized carbons (Fsp3) is 0.667. The number of aliphatic imine (C=N–C) groups is 1. The third-order valence-electron chi connectivity index (χ3n) is 4.86. The molecule has 0 saturated carbocycles. The number of ether oxygens (including phenoxy) is 2. The van der Waals surface area contributed by atoms with Crippen LogP contribution >= 0.6 is 0 Å². The van der Waals surface area contributed by atoms with Crippen LogP contribution in [0.15, 0.2) is 29.3 Å². The van der Waals surface area contributed by atoms with E-state index < -0.39 is 0 Å². The molecular weight excluding hydrogens is 326 g/mol. The first-order valence-electron chi connectivity index (χ1n) is 9.85. The quantitative estimate of drug-likeness (QED) is 0.604. The van der Waals surface area contributed by atoms with Gasteiger partial charge in [-0.1, -0.05) is 24.3 Å². The van der Waals surface area contributed by atoms with Crippen LogP contribution in [-0.2, 0) is 22.6 Å². The maximum atomic E-state index is 5.94. The summed E-state index contributed by atoms with van der Waals surface area (Å²) in [6.45, 7) is 10.5. The van der Waals surface area contributed by atoms with Gasteiger partial charge < -0.3 is 20.1 Å². The molecule has 3 rings (SSSR count). The highest BCUT2D eigenvalue weighted by Gasteiger charge is 2.41. The molecule has 0 radical (unpaired) electrons. The van der Waals surface area contributed by atoms with Gasteiger partial charge >= 0.3 is 0 Å². The fourth-order valence-electron chi connectivity index (χ4n) is 3.57. The minimum absolute atomic E-state index is 0.126. The van der Waals surface area contributed by atoms with Gasteiger partial charge in [-0.05, 0) is 58.1 Å². The lowest BCUT2D eigenvalue weighted by atomic mass is 9.96. The number of hydrogen-bond donors (Lipinski definition) is 2. The zero-order valence-electron chi connectivity index (χ0n) is 16.5. The number of nitrogens with one attached hydrogen (secondary N) is 2. The second-order valence-electron chi connectivity index (χ2n) is 8.28. The van der Waals surface area contributed by atoms with Crippen LogP contribution in [0.3, 0.4) is 0 Å². The molecule has 5 nitrogen and oxygen atoms in total. The van der Waals surface area contributed by atoms with E-state index in [2.05, 4.69) is 62.6 Å². The molecule has 2 bridgehead atoms. The van der Waals surface area contributed by atoms with Gasteiger partial charge in [0.15, 0.2) is 5.96 Å². The molecule has 0 spiro atoms. The van der Waals surface area contributed by atoms with Gasteiger partial charge in [0.2, 0.25) is 0 Å². The van der Waals surface area contributed by atoms with Gasteiger partial charge in [0.1, 0.15) is 0 Å². The Morgan fingerprint density at radius 1 is 1.27 bits per heavy atom. The second kappa shape index (κ2) is 8.40. The van der Waals surface area contributed by atoms with E-state index in [-0.39, 0.29) is 5.60 Å². The smallest absolute Gasteiger partial charge is 0.191 e. The molecule has 3 atom stereocenters. The highest BCUT2D eigenvalue weighted by molar-refractivity contribution is 5.80. The molecule has 2 fully saturated rings. The van der Waals surface area contributed by atoms with Crippen molar-refractivity contribution >= 4 is 5.96 Å². The Bertz CT molecular complexity index is 624. The molecule has 2 aliphatic heterocycles. The first-order chi connectivity index (χ1) is 12.4. The molecular formula is C21H33N3O2. The maximum Gasteiger partial charge on any atom is 0.191 e. The first kappa shape index (κ1) is 19.2. The summed E-state index contributed by atoms with van der Waals surface area (Å²) in [4.78, 5) is 4.78. The molecule has 2 saturated heterocycles. The normalized spacial score (nSPS) is 25.5. The molecule has 3 unspecified atom stereocenters. The molecule has 144 valence electrons. The van der Waals surface area contributed by atoms with Crippen molar-refractivity contribution in [3.63, 3.8) is 0 Å². The lowest BCUT2D eigenvalue weighted by Crippen LogP contribution is -2.47. The van der Waals surface area contributed by atoms with E-state index in [0.717, 1.165) is 25.3 Å². The summed E-state index contributed by atoms with van der Waals surface area (Å²) < 4.78 is 11.8. The molecule has 2 aliphatic rings. The van der Waals surface area contributed by atoms with Crippen molar-refractivity contribution in [1.29, 1.82) is 0 Å². The van der Waals surface area contributed by atoms with E-state index in [9.17, 15) is 0 Å². The van der Waals surface area contributed by atoms with Crippen molar-refractivity contribution in [3.05, 3.63) is 35.4 Å². The van der Waals surface area contributed by atoms with Gasteiger partial charge in [0.25, 0.3) is 0 Å². The predicted octanol–water partition coefficient (Wildman–Crippen LogP) is 3.38. The van der Waals surface area contributed by atoms with Crippen LogP contribution in [0.4, 0.5) is 0 Å². The van der Waals surface area contributed by atoms with E-state index in [4.69, 9.17) is 14.5 Å². The van der Waals surface area contributed by atoms with Gasteiger partial charge in [0.05, 0.1) is 37.0 Å². The molecule has 5 heteroatoms. The SMILES string of the molecule is CCNC(=NCc1cccc(COC(C)(C)C)c1)NC1CC2CCC1O2. The predicted molar refractivity (Wildman–Crippen MR) is 105 cm³/mol. The van der Waals surface area contributed by atoms with Crippen molar-refractivity contribution in [2.45, 2.75) is 84.0 Å².